The van der Waals surface area contributed by atoms with Gasteiger partial charge < -0.3 is 0 Å². The Balaban J connectivity index is 1.75. The zero-order valence-corrected chi connectivity index (χ0v) is 13.6. The van der Waals surface area contributed by atoms with Gasteiger partial charge in [0.05, 0.1) is 5.52 Å². The Bertz CT molecular complexity index is 832. The van der Waals surface area contributed by atoms with Gasteiger partial charge in [-0.1, -0.05) is 36.4 Å². The van der Waals surface area contributed by atoms with Crippen LogP contribution >= 0.6 is 0 Å². The molecule has 0 bridgehead atoms. The molecule has 23 heavy (non-hydrogen) atoms. The van der Waals surface area contributed by atoms with Crippen molar-refractivity contribution in [3.8, 4) is 11.1 Å². The number of benzene rings is 2. The van der Waals surface area contributed by atoms with Gasteiger partial charge in [-0.2, -0.15) is 0 Å². The summed E-state index contributed by atoms with van der Waals surface area (Å²) in [4.78, 5) is 7.15. The van der Waals surface area contributed by atoms with Crippen molar-refractivity contribution in [1.82, 2.24) is 9.88 Å². The van der Waals surface area contributed by atoms with Gasteiger partial charge in [-0.25, -0.2) is 0 Å². The smallest absolute Gasteiger partial charge is 0.0711 e. The maximum absolute atomic E-state index is 4.61. The molecule has 1 aliphatic heterocycles. The van der Waals surface area contributed by atoms with Crippen LogP contribution in [0.1, 0.15) is 24.0 Å². The third-order valence-corrected chi connectivity index (χ3v) is 4.85. The van der Waals surface area contributed by atoms with Crippen molar-refractivity contribution >= 4 is 10.9 Å². The predicted octanol–water partition coefficient (Wildman–Crippen LogP) is 4.81. The van der Waals surface area contributed by atoms with Crippen molar-refractivity contribution in [2.45, 2.75) is 26.3 Å². The second-order valence-electron chi connectivity index (χ2n) is 6.51. The molecule has 1 saturated heterocycles. The Hall–Kier alpha value is -2.19. The summed E-state index contributed by atoms with van der Waals surface area (Å²) in [6.07, 6.45) is 4.61. The van der Waals surface area contributed by atoms with Crippen molar-refractivity contribution in [2.75, 3.05) is 13.1 Å². The molecule has 1 aliphatic rings. The largest absolute Gasteiger partial charge is 0.299 e. The zero-order valence-electron chi connectivity index (χ0n) is 13.6. The van der Waals surface area contributed by atoms with Crippen LogP contribution in [0.2, 0.25) is 0 Å². The Morgan fingerprint density at radius 3 is 2.61 bits per heavy atom. The number of nitrogens with zero attached hydrogens (tertiary/aromatic N) is 2. The molecule has 0 unspecified atom stereocenters. The predicted molar refractivity (Wildman–Crippen MR) is 96.4 cm³/mol. The van der Waals surface area contributed by atoms with E-state index in [-0.39, 0.29) is 0 Å². The molecule has 0 radical (unpaired) electrons. The molecule has 4 rings (SSSR count). The first kappa shape index (κ1) is 14.4. The highest BCUT2D eigenvalue weighted by Gasteiger charge is 2.13. The van der Waals surface area contributed by atoms with Gasteiger partial charge >= 0.3 is 0 Å². The van der Waals surface area contributed by atoms with Gasteiger partial charge in [-0.05, 0) is 67.2 Å². The Kier molecular flexibility index (Phi) is 3.84. The number of fused-ring (bicyclic) bond motifs is 1. The lowest BCUT2D eigenvalue weighted by molar-refractivity contribution is 0.331. The average Bonchev–Trinajstić information content (AvgIpc) is 3.08. The third kappa shape index (κ3) is 2.87. The van der Waals surface area contributed by atoms with E-state index in [4.69, 9.17) is 0 Å². The maximum atomic E-state index is 4.61. The first-order chi connectivity index (χ1) is 11.3. The van der Waals surface area contributed by atoms with E-state index in [1.165, 1.54) is 53.6 Å². The lowest BCUT2D eigenvalue weighted by Gasteiger charge is -2.15. The van der Waals surface area contributed by atoms with E-state index in [2.05, 4.69) is 65.3 Å². The van der Waals surface area contributed by atoms with E-state index < -0.39 is 0 Å². The van der Waals surface area contributed by atoms with Gasteiger partial charge in [-0.3, -0.25) is 9.88 Å². The van der Waals surface area contributed by atoms with E-state index >= 15 is 0 Å². The highest BCUT2D eigenvalue weighted by atomic mass is 15.1. The molecule has 1 fully saturated rings. The van der Waals surface area contributed by atoms with Crippen molar-refractivity contribution in [1.29, 1.82) is 0 Å². The molecular formula is C21H22N2. The fourth-order valence-electron chi connectivity index (χ4n) is 3.60. The van der Waals surface area contributed by atoms with Gasteiger partial charge in [-0.15, -0.1) is 0 Å². The van der Waals surface area contributed by atoms with Crippen LogP contribution in [-0.4, -0.2) is 23.0 Å². The second-order valence-corrected chi connectivity index (χ2v) is 6.51. The minimum atomic E-state index is 1.05. The van der Waals surface area contributed by atoms with Crippen LogP contribution in [-0.2, 0) is 6.54 Å². The topological polar surface area (TPSA) is 16.1 Å². The highest BCUT2D eigenvalue weighted by Crippen LogP contribution is 2.30. The molecule has 0 amide bonds. The van der Waals surface area contributed by atoms with Crippen LogP contribution in [0, 0.1) is 6.92 Å². The van der Waals surface area contributed by atoms with Crippen LogP contribution in [0.4, 0.5) is 0 Å². The minimum Gasteiger partial charge on any atom is -0.299 e. The Morgan fingerprint density at radius 1 is 0.957 bits per heavy atom. The first-order valence-electron chi connectivity index (χ1n) is 8.47. The van der Waals surface area contributed by atoms with E-state index in [1.54, 1.807) is 0 Å². The number of pyridine rings is 1. The molecule has 116 valence electrons. The standard InChI is InChI=1S/C21H22N2/c1-16-6-2-3-7-18(16)19-10-11-22-21-14-17(8-9-20(19)21)15-23-12-4-5-13-23/h2-3,6-11,14H,4-5,12-13,15H2,1H3. The third-order valence-electron chi connectivity index (χ3n) is 4.85. The summed E-state index contributed by atoms with van der Waals surface area (Å²) < 4.78 is 0. The number of likely N-dealkylation sites (tertiary alicyclic amines) is 1. The Morgan fingerprint density at radius 2 is 1.78 bits per heavy atom. The molecular weight excluding hydrogens is 280 g/mol. The summed E-state index contributed by atoms with van der Waals surface area (Å²) in [5, 5.41) is 1.24. The lowest BCUT2D eigenvalue weighted by Crippen LogP contribution is -2.18. The number of hydrogen-bond acceptors (Lipinski definition) is 2. The van der Waals surface area contributed by atoms with Crippen LogP contribution in [0.5, 0.6) is 0 Å². The van der Waals surface area contributed by atoms with Crippen molar-refractivity contribution in [3.05, 3.63) is 65.9 Å². The molecule has 0 saturated carbocycles. The summed E-state index contributed by atoms with van der Waals surface area (Å²) in [6, 6.07) is 17.5. The fraction of sp³-hybridized carbons (Fsp3) is 0.286. The maximum Gasteiger partial charge on any atom is 0.0711 e. The van der Waals surface area contributed by atoms with Crippen LogP contribution < -0.4 is 0 Å². The zero-order chi connectivity index (χ0) is 15.6. The summed E-state index contributed by atoms with van der Waals surface area (Å²) in [7, 11) is 0. The van der Waals surface area contributed by atoms with Gasteiger partial charge in [0, 0.05) is 18.1 Å². The molecule has 3 aromatic rings. The second kappa shape index (κ2) is 6.13. The quantitative estimate of drug-likeness (QED) is 0.690. The van der Waals surface area contributed by atoms with Crippen LogP contribution in [0.25, 0.3) is 22.0 Å². The number of aromatic nitrogens is 1. The molecule has 2 nitrogen and oxygen atoms in total. The molecule has 0 atom stereocenters. The number of rotatable bonds is 3. The van der Waals surface area contributed by atoms with E-state index in [0.717, 1.165) is 12.1 Å². The normalized spacial score (nSPS) is 15.3. The van der Waals surface area contributed by atoms with Gasteiger partial charge in [0.1, 0.15) is 0 Å². The van der Waals surface area contributed by atoms with E-state index in [0.29, 0.717) is 0 Å². The van der Waals surface area contributed by atoms with Crippen molar-refractivity contribution in [2.24, 2.45) is 0 Å². The van der Waals surface area contributed by atoms with Crippen LogP contribution in [0.3, 0.4) is 0 Å². The highest BCUT2D eigenvalue weighted by molar-refractivity contribution is 5.95. The summed E-state index contributed by atoms with van der Waals surface area (Å²) in [5.41, 5.74) is 6.35. The fourth-order valence-corrected chi connectivity index (χ4v) is 3.60. The molecule has 0 spiro atoms. The van der Waals surface area contributed by atoms with Crippen molar-refractivity contribution < 1.29 is 0 Å². The molecule has 0 aliphatic carbocycles. The van der Waals surface area contributed by atoms with Crippen molar-refractivity contribution in [3.63, 3.8) is 0 Å². The number of aryl methyl sites for hydroxylation is 1. The van der Waals surface area contributed by atoms with Gasteiger partial charge in [0.25, 0.3) is 0 Å². The molecule has 2 aromatic carbocycles. The summed E-state index contributed by atoms with van der Waals surface area (Å²) >= 11 is 0. The average molecular weight is 302 g/mol. The van der Waals surface area contributed by atoms with E-state index in [1.807, 2.05) is 6.20 Å². The van der Waals surface area contributed by atoms with Crippen LogP contribution in [0.15, 0.2) is 54.7 Å². The first-order valence-corrected chi connectivity index (χ1v) is 8.47. The monoisotopic (exact) mass is 302 g/mol. The summed E-state index contributed by atoms with van der Waals surface area (Å²) in [6.45, 7) is 5.68. The molecule has 1 aromatic heterocycles. The molecule has 2 heteroatoms. The molecule has 0 N–H and O–H groups in total. The SMILES string of the molecule is Cc1ccccc1-c1ccnc2cc(CN3CCCC3)ccc12. The lowest BCUT2D eigenvalue weighted by atomic mass is 9.97. The minimum absolute atomic E-state index is 1.05. The molecule has 2 heterocycles. The van der Waals surface area contributed by atoms with Gasteiger partial charge in [0.15, 0.2) is 0 Å². The number of hydrogen-bond donors (Lipinski definition) is 0. The Labute approximate surface area is 137 Å². The summed E-state index contributed by atoms with van der Waals surface area (Å²) in [5.74, 6) is 0. The van der Waals surface area contributed by atoms with E-state index in [9.17, 15) is 0 Å². The van der Waals surface area contributed by atoms with Gasteiger partial charge in [0.2, 0.25) is 0 Å².